The molecule has 0 spiro atoms. The third-order valence-electron chi connectivity index (χ3n) is 3.51. The second-order valence-electron chi connectivity index (χ2n) is 5.30. The van der Waals surface area contributed by atoms with Gasteiger partial charge in [-0.05, 0) is 26.0 Å². The van der Waals surface area contributed by atoms with Crippen LogP contribution in [-0.2, 0) is 4.74 Å². The van der Waals surface area contributed by atoms with Crippen LogP contribution < -0.4 is 10.5 Å². The Morgan fingerprint density at radius 1 is 1.50 bits per heavy atom. The number of nitrogens with two attached hydrogens (primary N) is 1. The van der Waals surface area contributed by atoms with Crippen molar-refractivity contribution in [3.63, 3.8) is 0 Å². The van der Waals surface area contributed by atoms with Gasteiger partial charge in [-0.3, -0.25) is 4.90 Å². The van der Waals surface area contributed by atoms with Crippen molar-refractivity contribution >= 4 is 17.4 Å². The minimum absolute atomic E-state index is 0.276. The molecule has 0 bridgehead atoms. The summed E-state index contributed by atoms with van der Waals surface area (Å²) in [6.45, 7) is 7.32. The average Bonchev–Trinajstić information content (AvgIpc) is 2.46. The fraction of sp³-hybridized carbons (Fsp3) is 0.600. The number of ether oxygens (including phenoxy) is 2. The van der Waals surface area contributed by atoms with Crippen LogP contribution in [-0.4, -0.2) is 49.6 Å². The Kier molecular flexibility index (Phi) is 5.57. The van der Waals surface area contributed by atoms with Crippen molar-refractivity contribution in [3.8, 4) is 5.75 Å². The molecule has 1 atom stereocenters. The van der Waals surface area contributed by atoms with E-state index < -0.39 is 0 Å². The van der Waals surface area contributed by atoms with Gasteiger partial charge in [-0.2, -0.15) is 0 Å². The van der Waals surface area contributed by atoms with E-state index in [1.165, 1.54) is 0 Å². The molecule has 1 saturated heterocycles. The fourth-order valence-corrected chi connectivity index (χ4v) is 3.31. The van der Waals surface area contributed by atoms with Gasteiger partial charge in [-0.15, -0.1) is 11.8 Å². The van der Waals surface area contributed by atoms with Crippen molar-refractivity contribution in [2.75, 3.05) is 38.3 Å². The summed E-state index contributed by atoms with van der Waals surface area (Å²) in [6.07, 6.45) is 0.276. The molecule has 0 aromatic heterocycles. The van der Waals surface area contributed by atoms with E-state index in [1.807, 2.05) is 18.2 Å². The predicted molar refractivity (Wildman–Crippen MR) is 84.6 cm³/mol. The molecule has 1 unspecified atom stereocenters. The van der Waals surface area contributed by atoms with E-state index in [9.17, 15) is 0 Å². The van der Waals surface area contributed by atoms with E-state index in [4.69, 9.17) is 15.2 Å². The van der Waals surface area contributed by atoms with Gasteiger partial charge in [0.25, 0.3) is 0 Å². The molecule has 20 heavy (non-hydrogen) atoms. The number of rotatable bonds is 5. The molecule has 1 fully saturated rings. The van der Waals surface area contributed by atoms with Crippen LogP contribution in [0.3, 0.4) is 0 Å². The van der Waals surface area contributed by atoms with E-state index in [1.54, 1.807) is 18.9 Å². The number of hydrogen-bond acceptors (Lipinski definition) is 5. The number of nitrogens with zero attached hydrogens (tertiary/aromatic N) is 1. The third-order valence-corrected chi connectivity index (χ3v) is 4.70. The smallest absolute Gasteiger partial charge is 0.134 e. The standard InChI is InChI=1S/C15H24N2O2S/c1-11(2)17-6-7-19-13(9-17)10-20-15-5-4-12(16)8-14(15)18-3/h4-5,8,11,13H,6-7,9-10,16H2,1-3H3. The van der Waals surface area contributed by atoms with Gasteiger partial charge >= 0.3 is 0 Å². The van der Waals surface area contributed by atoms with Gasteiger partial charge in [-0.1, -0.05) is 0 Å². The Morgan fingerprint density at radius 2 is 2.30 bits per heavy atom. The number of nitrogen functional groups attached to an aromatic ring is 1. The Morgan fingerprint density at radius 3 is 3.00 bits per heavy atom. The summed E-state index contributed by atoms with van der Waals surface area (Å²) in [5, 5.41) is 0. The van der Waals surface area contributed by atoms with Crippen molar-refractivity contribution in [3.05, 3.63) is 18.2 Å². The molecule has 1 aromatic rings. The molecule has 1 heterocycles. The Hall–Kier alpha value is -0.910. The van der Waals surface area contributed by atoms with Crippen molar-refractivity contribution in [1.82, 2.24) is 4.90 Å². The molecule has 112 valence electrons. The molecule has 0 aliphatic carbocycles. The van der Waals surface area contributed by atoms with Crippen LogP contribution in [0, 0.1) is 0 Å². The van der Waals surface area contributed by atoms with Gasteiger partial charge in [0, 0.05) is 41.5 Å². The summed E-state index contributed by atoms with van der Waals surface area (Å²) >= 11 is 1.77. The van der Waals surface area contributed by atoms with Crippen LogP contribution in [0.2, 0.25) is 0 Å². The van der Waals surface area contributed by atoms with Gasteiger partial charge in [0.2, 0.25) is 0 Å². The zero-order chi connectivity index (χ0) is 14.5. The van der Waals surface area contributed by atoms with Gasteiger partial charge in [0.05, 0.1) is 19.8 Å². The zero-order valence-electron chi connectivity index (χ0n) is 12.5. The van der Waals surface area contributed by atoms with Gasteiger partial charge < -0.3 is 15.2 Å². The highest BCUT2D eigenvalue weighted by Crippen LogP contribution is 2.32. The number of morpholine rings is 1. The highest BCUT2D eigenvalue weighted by Gasteiger charge is 2.22. The van der Waals surface area contributed by atoms with Crippen molar-refractivity contribution in [2.45, 2.75) is 30.9 Å². The van der Waals surface area contributed by atoms with Crippen LogP contribution in [0.4, 0.5) is 5.69 Å². The van der Waals surface area contributed by atoms with Crippen molar-refractivity contribution in [2.24, 2.45) is 0 Å². The van der Waals surface area contributed by atoms with Crippen molar-refractivity contribution < 1.29 is 9.47 Å². The minimum atomic E-state index is 0.276. The van der Waals surface area contributed by atoms with Crippen molar-refractivity contribution in [1.29, 1.82) is 0 Å². The van der Waals surface area contributed by atoms with Gasteiger partial charge in [0.1, 0.15) is 5.75 Å². The molecular weight excluding hydrogens is 272 g/mol. The normalized spacial score (nSPS) is 20.3. The number of methoxy groups -OCH3 is 1. The number of thioether (sulfide) groups is 1. The Labute approximate surface area is 125 Å². The summed E-state index contributed by atoms with van der Waals surface area (Å²) in [5.74, 6) is 1.77. The molecule has 1 aliphatic rings. The monoisotopic (exact) mass is 296 g/mol. The van der Waals surface area contributed by atoms with E-state index in [0.717, 1.165) is 41.8 Å². The Balaban J connectivity index is 1.91. The number of benzene rings is 1. The first-order valence-electron chi connectivity index (χ1n) is 7.02. The topological polar surface area (TPSA) is 47.7 Å². The van der Waals surface area contributed by atoms with E-state index in [2.05, 4.69) is 18.7 Å². The third kappa shape index (κ3) is 4.04. The van der Waals surface area contributed by atoms with Crippen LogP contribution in [0.25, 0.3) is 0 Å². The summed E-state index contributed by atoms with van der Waals surface area (Å²) in [7, 11) is 1.68. The second-order valence-corrected chi connectivity index (χ2v) is 6.36. The summed E-state index contributed by atoms with van der Waals surface area (Å²) in [4.78, 5) is 3.58. The van der Waals surface area contributed by atoms with Crippen LogP contribution in [0.15, 0.2) is 23.1 Å². The molecule has 5 heteroatoms. The second kappa shape index (κ2) is 7.20. The largest absolute Gasteiger partial charge is 0.496 e. The van der Waals surface area contributed by atoms with Gasteiger partial charge in [0.15, 0.2) is 0 Å². The molecule has 1 aromatic carbocycles. The minimum Gasteiger partial charge on any atom is -0.496 e. The maximum atomic E-state index is 5.85. The number of anilines is 1. The lowest BCUT2D eigenvalue weighted by Crippen LogP contribution is -2.46. The molecule has 0 radical (unpaired) electrons. The first kappa shape index (κ1) is 15.5. The summed E-state index contributed by atoms with van der Waals surface area (Å²) in [6, 6.07) is 6.37. The number of hydrogen-bond donors (Lipinski definition) is 1. The summed E-state index contributed by atoms with van der Waals surface area (Å²) < 4.78 is 11.2. The first-order chi connectivity index (χ1) is 9.60. The fourth-order valence-electron chi connectivity index (χ4n) is 2.30. The highest BCUT2D eigenvalue weighted by molar-refractivity contribution is 7.99. The molecule has 0 amide bonds. The highest BCUT2D eigenvalue weighted by atomic mass is 32.2. The molecule has 1 aliphatic heterocycles. The maximum absolute atomic E-state index is 5.85. The van der Waals surface area contributed by atoms with E-state index in [-0.39, 0.29) is 6.10 Å². The first-order valence-corrected chi connectivity index (χ1v) is 8.00. The van der Waals surface area contributed by atoms with Gasteiger partial charge in [-0.25, -0.2) is 0 Å². The van der Waals surface area contributed by atoms with E-state index in [0.29, 0.717) is 6.04 Å². The molecule has 2 rings (SSSR count). The van der Waals surface area contributed by atoms with E-state index >= 15 is 0 Å². The SMILES string of the molecule is COc1cc(N)ccc1SCC1CN(C(C)C)CCO1. The molecule has 4 nitrogen and oxygen atoms in total. The van der Waals surface area contributed by atoms with Crippen LogP contribution in [0.5, 0.6) is 5.75 Å². The predicted octanol–water partition coefficient (Wildman–Crippen LogP) is 2.48. The quantitative estimate of drug-likeness (QED) is 0.668. The lowest BCUT2D eigenvalue weighted by Gasteiger charge is -2.35. The lowest BCUT2D eigenvalue weighted by molar-refractivity contribution is -0.0265. The maximum Gasteiger partial charge on any atom is 0.134 e. The molecule has 2 N–H and O–H groups in total. The molecule has 0 saturated carbocycles. The average molecular weight is 296 g/mol. The van der Waals surface area contributed by atoms with Crippen LogP contribution in [0.1, 0.15) is 13.8 Å². The van der Waals surface area contributed by atoms with Crippen LogP contribution >= 0.6 is 11.8 Å². The zero-order valence-corrected chi connectivity index (χ0v) is 13.3. The molecular formula is C15H24N2O2S. The lowest BCUT2D eigenvalue weighted by atomic mass is 10.2. The Bertz CT molecular complexity index is 440. The summed E-state index contributed by atoms with van der Waals surface area (Å²) in [5.41, 5.74) is 6.50.